The molecule has 0 radical (unpaired) electrons. The van der Waals surface area contributed by atoms with Gasteiger partial charge >= 0.3 is 0 Å². The lowest BCUT2D eigenvalue weighted by Gasteiger charge is -2.12. The molecule has 0 spiro atoms. The molecule has 0 aliphatic heterocycles. The molecule has 50 valence electrons. The summed E-state index contributed by atoms with van der Waals surface area (Å²) in [5, 5.41) is 0. The van der Waals surface area contributed by atoms with Crippen LogP contribution in [0, 0.1) is 0 Å². The second-order valence-corrected chi connectivity index (χ2v) is 2.32. The molecule has 0 heterocycles. The van der Waals surface area contributed by atoms with E-state index in [9.17, 15) is 0 Å². The number of methoxy groups -OCH3 is 1. The molecule has 1 aliphatic carbocycles. The lowest BCUT2D eigenvalue weighted by atomic mass is 10.1. The van der Waals surface area contributed by atoms with E-state index in [1.165, 1.54) is 5.57 Å². The van der Waals surface area contributed by atoms with Gasteiger partial charge in [-0.25, -0.2) is 0 Å². The molecule has 1 unspecified atom stereocenters. The van der Waals surface area contributed by atoms with Gasteiger partial charge in [0.1, 0.15) is 0 Å². The van der Waals surface area contributed by atoms with E-state index in [4.69, 9.17) is 4.74 Å². The summed E-state index contributed by atoms with van der Waals surface area (Å²) in [7, 11) is 1.74. The monoisotopic (exact) mass is 124 g/mol. The van der Waals surface area contributed by atoms with Gasteiger partial charge in [0.05, 0.1) is 6.10 Å². The molecular formula is C8H12O. The Morgan fingerprint density at radius 3 is 2.89 bits per heavy atom. The van der Waals surface area contributed by atoms with E-state index in [-0.39, 0.29) is 0 Å². The topological polar surface area (TPSA) is 9.23 Å². The molecule has 0 N–H and O–H groups in total. The van der Waals surface area contributed by atoms with Crippen molar-refractivity contribution in [3.63, 3.8) is 0 Å². The summed E-state index contributed by atoms with van der Waals surface area (Å²) in [6, 6.07) is 0. The minimum Gasteiger partial charge on any atom is -0.377 e. The highest BCUT2D eigenvalue weighted by Crippen LogP contribution is 2.11. The van der Waals surface area contributed by atoms with Crippen molar-refractivity contribution in [3.8, 4) is 0 Å². The first-order chi connectivity index (χ1) is 4.33. The third kappa shape index (κ3) is 1.68. The Kier molecular flexibility index (Phi) is 2.06. The zero-order chi connectivity index (χ0) is 6.69. The molecule has 1 nitrogen and oxygen atoms in total. The van der Waals surface area contributed by atoms with Crippen LogP contribution in [-0.2, 0) is 4.74 Å². The zero-order valence-corrected chi connectivity index (χ0v) is 5.92. The average molecular weight is 124 g/mol. The fraction of sp³-hybridized carbons (Fsp3) is 0.500. The second kappa shape index (κ2) is 2.83. The highest BCUT2D eigenvalue weighted by molar-refractivity contribution is 5.22. The Morgan fingerprint density at radius 1 is 1.67 bits per heavy atom. The lowest BCUT2D eigenvalue weighted by molar-refractivity contribution is 0.142. The summed E-state index contributed by atoms with van der Waals surface area (Å²) in [5.41, 5.74) is 1.30. The van der Waals surface area contributed by atoms with Crippen LogP contribution in [0.3, 0.4) is 0 Å². The van der Waals surface area contributed by atoms with Crippen molar-refractivity contribution in [2.24, 2.45) is 0 Å². The molecule has 0 aromatic carbocycles. The number of rotatable bonds is 1. The maximum Gasteiger partial charge on any atom is 0.0792 e. The Hall–Kier alpha value is -0.560. The van der Waals surface area contributed by atoms with Crippen LogP contribution in [0.25, 0.3) is 0 Å². The van der Waals surface area contributed by atoms with Crippen molar-refractivity contribution in [2.75, 3.05) is 7.11 Å². The van der Waals surface area contributed by atoms with Crippen molar-refractivity contribution in [3.05, 3.63) is 23.8 Å². The Labute approximate surface area is 56.0 Å². The molecule has 1 heteroatoms. The fourth-order valence-electron chi connectivity index (χ4n) is 0.969. The Balaban J connectivity index is 2.55. The molecule has 0 amide bonds. The van der Waals surface area contributed by atoms with Crippen LogP contribution in [0.2, 0.25) is 0 Å². The van der Waals surface area contributed by atoms with E-state index < -0.39 is 0 Å². The first-order valence-corrected chi connectivity index (χ1v) is 3.20. The van der Waals surface area contributed by atoms with E-state index in [2.05, 4.69) is 25.2 Å². The Bertz CT molecular complexity index is 145. The predicted octanol–water partition coefficient (Wildman–Crippen LogP) is 1.91. The van der Waals surface area contributed by atoms with Crippen LogP contribution in [0.1, 0.15) is 13.3 Å². The van der Waals surface area contributed by atoms with Crippen LogP contribution >= 0.6 is 0 Å². The maximum absolute atomic E-state index is 5.13. The van der Waals surface area contributed by atoms with Crippen molar-refractivity contribution in [1.29, 1.82) is 0 Å². The number of allylic oxidation sites excluding steroid dienone is 2. The average Bonchev–Trinajstić information content (AvgIpc) is 1.88. The summed E-state index contributed by atoms with van der Waals surface area (Å²) >= 11 is 0. The highest BCUT2D eigenvalue weighted by atomic mass is 16.5. The van der Waals surface area contributed by atoms with Gasteiger partial charge < -0.3 is 4.74 Å². The molecule has 1 rings (SSSR count). The first-order valence-electron chi connectivity index (χ1n) is 3.20. The minimum atomic E-state index is 0.315. The molecule has 0 fully saturated rings. The molecule has 9 heavy (non-hydrogen) atoms. The van der Waals surface area contributed by atoms with E-state index in [0.717, 1.165) is 6.42 Å². The molecule has 1 atom stereocenters. The largest absolute Gasteiger partial charge is 0.377 e. The standard InChI is InChI=1S/C8H12O/c1-7-4-3-5-8(6-7)9-2/h3-4,6,8H,5H2,1-2H3. The summed E-state index contributed by atoms with van der Waals surface area (Å²) < 4.78 is 5.13. The van der Waals surface area contributed by atoms with Crippen LogP contribution in [0.5, 0.6) is 0 Å². The van der Waals surface area contributed by atoms with Gasteiger partial charge in [-0.05, 0) is 13.3 Å². The Morgan fingerprint density at radius 2 is 2.44 bits per heavy atom. The van der Waals surface area contributed by atoms with Gasteiger partial charge in [-0.15, -0.1) is 0 Å². The van der Waals surface area contributed by atoms with Gasteiger partial charge in [-0.3, -0.25) is 0 Å². The number of ether oxygens (including phenoxy) is 1. The molecule has 0 aromatic rings. The highest BCUT2D eigenvalue weighted by Gasteiger charge is 2.03. The predicted molar refractivity (Wildman–Crippen MR) is 38.3 cm³/mol. The van der Waals surface area contributed by atoms with Gasteiger partial charge in [0.2, 0.25) is 0 Å². The molecule has 0 saturated carbocycles. The van der Waals surface area contributed by atoms with Gasteiger partial charge in [0.15, 0.2) is 0 Å². The fourth-order valence-corrected chi connectivity index (χ4v) is 0.969. The zero-order valence-electron chi connectivity index (χ0n) is 5.92. The molecular weight excluding hydrogens is 112 g/mol. The van der Waals surface area contributed by atoms with E-state index in [0.29, 0.717) is 6.10 Å². The summed E-state index contributed by atoms with van der Waals surface area (Å²) in [4.78, 5) is 0. The smallest absolute Gasteiger partial charge is 0.0792 e. The van der Waals surface area contributed by atoms with E-state index in [1.54, 1.807) is 7.11 Å². The van der Waals surface area contributed by atoms with Crippen LogP contribution in [0.15, 0.2) is 23.8 Å². The molecule has 0 aromatic heterocycles. The minimum absolute atomic E-state index is 0.315. The molecule has 0 bridgehead atoms. The van der Waals surface area contributed by atoms with Gasteiger partial charge in [0.25, 0.3) is 0 Å². The van der Waals surface area contributed by atoms with Crippen LogP contribution in [0.4, 0.5) is 0 Å². The number of hydrogen-bond donors (Lipinski definition) is 0. The van der Waals surface area contributed by atoms with Gasteiger partial charge in [-0.1, -0.05) is 23.8 Å². The van der Waals surface area contributed by atoms with Crippen LogP contribution in [-0.4, -0.2) is 13.2 Å². The quantitative estimate of drug-likeness (QED) is 0.518. The summed E-state index contributed by atoms with van der Waals surface area (Å²) in [5.74, 6) is 0. The van der Waals surface area contributed by atoms with Crippen molar-refractivity contribution in [2.45, 2.75) is 19.4 Å². The van der Waals surface area contributed by atoms with Crippen LogP contribution < -0.4 is 0 Å². The second-order valence-electron chi connectivity index (χ2n) is 2.32. The van der Waals surface area contributed by atoms with Gasteiger partial charge in [-0.2, -0.15) is 0 Å². The normalized spacial score (nSPS) is 26.0. The van der Waals surface area contributed by atoms with E-state index in [1.807, 2.05) is 0 Å². The number of hydrogen-bond acceptors (Lipinski definition) is 1. The summed E-state index contributed by atoms with van der Waals surface area (Å²) in [6.45, 7) is 2.08. The lowest BCUT2D eigenvalue weighted by Crippen LogP contribution is -2.07. The van der Waals surface area contributed by atoms with E-state index >= 15 is 0 Å². The molecule has 0 saturated heterocycles. The van der Waals surface area contributed by atoms with Crippen molar-refractivity contribution in [1.82, 2.24) is 0 Å². The van der Waals surface area contributed by atoms with Crippen molar-refractivity contribution < 1.29 is 4.74 Å². The third-order valence-corrected chi connectivity index (χ3v) is 1.50. The van der Waals surface area contributed by atoms with Gasteiger partial charge in [0, 0.05) is 7.11 Å². The first kappa shape index (κ1) is 6.56. The molecule has 1 aliphatic rings. The third-order valence-electron chi connectivity index (χ3n) is 1.50. The maximum atomic E-state index is 5.13. The van der Waals surface area contributed by atoms with Crippen molar-refractivity contribution >= 4 is 0 Å². The summed E-state index contributed by atoms with van der Waals surface area (Å²) in [6.07, 6.45) is 7.74. The SMILES string of the molecule is COC1C=C(C)C=CC1.